The summed E-state index contributed by atoms with van der Waals surface area (Å²) >= 11 is 0. The van der Waals surface area contributed by atoms with E-state index in [-0.39, 0.29) is 28.0 Å². The lowest BCUT2D eigenvalue weighted by Gasteiger charge is -2.29. The van der Waals surface area contributed by atoms with Crippen molar-refractivity contribution >= 4 is 23.9 Å². The van der Waals surface area contributed by atoms with E-state index in [1.165, 1.54) is 24.3 Å². The Balaban J connectivity index is 1.36. The number of aromatic nitrogens is 1. The lowest BCUT2D eigenvalue weighted by molar-refractivity contribution is 0.0676. The molecular formula is C43H29NO9. The number of aromatic hydroxyl groups is 1. The number of carboxylic acid groups (broad SMARTS) is 4. The Bertz CT molecular complexity index is 2370. The zero-order valence-corrected chi connectivity index (χ0v) is 27.9. The molecule has 1 heterocycles. The van der Waals surface area contributed by atoms with E-state index in [2.05, 4.69) is 0 Å². The van der Waals surface area contributed by atoms with Crippen LogP contribution >= 0.6 is 0 Å². The van der Waals surface area contributed by atoms with Gasteiger partial charge in [0.05, 0.1) is 33.6 Å². The first-order chi connectivity index (χ1) is 25.4. The largest absolute Gasteiger partial charge is 0.508 e. The van der Waals surface area contributed by atoms with Crippen LogP contribution in [-0.2, 0) is 25.7 Å². The van der Waals surface area contributed by atoms with Crippen LogP contribution in [0.4, 0.5) is 0 Å². The molecule has 10 nitrogen and oxygen atoms in total. The first-order valence-corrected chi connectivity index (χ1v) is 16.8. The molecule has 53 heavy (non-hydrogen) atoms. The van der Waals surface area contributed by atoms with Crippen molar-refractivity contribution in [3.63, 3.8) is 0 Å². The van der Waals surface area contributed by atoms with Gasteiger partial charge in [-0.3, -0.25) is 0 Å². The van der Waals surface area contributed by atoms with Crippen LogP contribution in [0.5, 0.6) is 5.75 Å². The summed E-state index contributed by atoms with van der Waals surface area (Å²) in [7, 11) is 0. The fraction of sp³-hybridized carbons (Fsp3) is 0.0930. The van der Waals surface area contributed by atoms with Gasteiger partial charge in [0.25, 0.3) is 0 Å². The van der Waals surface area contributed by atoms with Crippen LogP contribution in [0.15, 0.2) is 97.1 Å². The Kier molecular flexibility index (Phi) is 7.87. The van der Waals surface area contributed by atoms with Crippen molar-refractivity contribution in [3.05, 3.63) is 142 Å². The molecular weight excluding hydrogens is 674 g/mol. The summed E-state index contributed by atoms with van der Waals surface area (Å²) in [5, 5.41) is 49.1. The van der Waals surface area contributed by atoms with Gasteiger partial charge in [-0.2, -0.15) is 0 Å². The van der Waals surface area contributed by atoms with E-state index in [0.29, 0.717) is 47.9 Å². The highest BCUT2D eigenvalue weighted by Gasteiger charge is 2.30. The normalized spacial score (nSPS) is 12.5. The van der Waals surface area contributed by atoms with Crippen molar-refractivity contribution in [2.24, 2.45) is 0 Å². The van der Waals surface area contributed by atoms with Crippen molar-refractivity contribution < 1.29 is 44.7 Å². The molecule has 1 aromatic heterocycles. The summed E-state index contributed by atoms with van der Waals surface area (Å²) in [6.45, 7) is 0. The fourth-order valence-corrected chi connectivity index (χ4v) is 7.57. The molecule has 0 amide bonds. The number of carboxylic acids is 4. The maximum Gasteiger partial charge on any atom is 0.335 e. The van der Waals surface area contributed by atoms with Gasteiger partial charge < -0.3 is 25.5 Å². The summed E-state index contributed by atoms with van der Waals surface area (Å²) in [5.41, 5.74) is 10.6. The third-order valence-corrected chi connectivity index (χ3v) is 10.1. The van der Waals surface area contributed by atoms with Gasteiger partial charge >= 0.3 is 23.9 Å². The van der Waals surface area contributed by atoms with Crippen LogP contribution < -0.4 is 0 Å². The van der Waals surface area contributed by atoms with Gasteiger partial charge in [-0.1, -0.05) is 36.4 Å². The van der Waals surface area contributed by atoms with Gasteiger partial charge in [-0.15, -0.1) is 0 Å². The summed E-state index contributed by atoms with van der Waals surface area (Å²) in [6.07, 6.45) is 2.78. The summed E-state index contributed by atoms with van der Waals surface area (Å²) in [6, 6.07) is 26.6. The highest BCUT2D eigenvalue weighted by atomic mass is 16.4. The molecule has 0 radical (unpaired) electrons. The van der Waals surface area contributed by atoms with Gasteiger partial charge in [-0.05, 0) is 142 Å². The van der Waals surface area contributed by atoms with Crippen LogP contribution in [0, 0.1) is 0 Å². The summed E-state index contributed by atoms with van der Waals surface area (Å²) < 4.78 is 0. The van der Waals surface area contributed by atoms with E-state index in [1.807, 2.05) is 48.5 Å². The molecule has 0 saturated carbocycles. The minimum Gasteiger partial charge on any atom is -0.508 e. The van der Waals surface area contributed by atoms with Gasteiger partial charge in [0, 0.05) is 11.1 Å². The van der Waals surface area contributed by atoms with E-state index in [0.717, 1.165) is 68.0 Å². The summed E-state index contributed by atoms with van der Waals surface area (Å²) in [4.78, 5) is 53.1. The number of rotatable bonds is 7. The smallest absolute Gasteiger partial charge is 0.335 e. The van der Waals surface area contributed by atoms with E-state index in [4.69, 9.17) is 4.98 Å². The third kappa shape index (κ3) is 5.85. The number of nitrogens with zero attached hydrogens (tertiary/aromatic N) is 1. The Labute approximate surface area is 301 Å². The number of pyridine rings is 1. The number of phenols is 1. The number of benzene rings is 5. The number of hydrogen-bond acceptors (Lipinski definition) is 6. The molecule has 2 aliphatic rings. The lowest BCUT2D eigenvalue weighted by atomic mass is 9.77. The number of carbonyl (C=O) groups is 4. The first kappa shape index (κ1) is 33.1. The number of fused-ring (bicyclic) bond motifs is 6. The Hall–Kier alpha value is -7.07. The first-order valence-electron chi connectivity index (χ1n) is 16.8. The number of phenolic OH excluding ortho intramolecular Hbond substituents is 1. The number of hydrogen-bond donors (Lipinski definition) is 5. The van der Waals surface area contributed by atoms with Gasteiger partial charge in [0.2, 0.25) is 0 Å². The molecule has 0 aliphatic heterocycles. The van der Waals surface area contributed by atoms with Crippen molar-refractivity contribution in [2.45, 2.75) is 25.7 Å². The van der Waals surface area contributed by atoms with Gasteiger partial charge in [-0.25, -0.2) is 24.2 Å². The molecule has 5 N–H and O–H groups in total. The van der Waals surface area contributed by atoms with Crippen molar-refractivity contribution in [2.75, 3.05) is 0 Å². The Morgan fingerprint density at radius 1 is 0.434 bits per heavy atom. The highest BCUT2D eigenvalue weighted by molar-refractivity contribution is 5.98. The topological polar surface area (TPSA) is 182 Å². The van der Waals surface area contributed by atoms with E-state index in [1.54, 1.807) is 12.1 Å². The number of aromatic carboxylic acids is 4. The van der Waals surface area contributed by atoms with Crippen LogP contribution in [-0.4, -0.2) is 54.4 Å². The van der Waals surface area contributed by atoms with Crippen LogP contribution in [0.2, 0.25) is 0 Å². The second-order valence-electron chi connectivity index (χ2n) is 13.3. The molecule has 10 heteroatoms. The molecule has 0 unspecified atom stereocenters. The van der Waals surface area contributed by atoms with Crippen molar-refractivity contribution in [1.82, 2.24) is 4.98 Å². The average Bonchev–Trinajstić information content (AvgIpc) is 3.16. The Morgan fingerprint density at radius 3 is 1.19 bits per heavy atom. The fourth-order valence-electron chi connectivity index (χ4n) is 7.57. The summed E-state index contributed by atoms with van der Waals surface area (Å²) in [5.74, 6) is -4.83. The Morgan fingerprint density at radius 2 is 0.811 bits per heavy atom. The SMILES string of the molecule is O=C(O)c1cc(C(=O)O)cc(-c2ccc3c(c2)-c2nc4c(c(-c5ccc(O)cc5)c2CC3)CCc2ccc(-c3cc(C(=O)O)cc(C(=O)O)c3)cc2-4)c1. The molecule has 5 aromatic carbocycles. The van der Waals surface area contributed by atoms with Crippen molar-refractivity contribution in [3.8, 4) is 61.6 Å². The maximum absolute atomic E-state index is 11.9. The van der Waals surface area contributed by atoms with E-state index >= 15 is 0 Å². The molecule has 6 aromatic rings. The molecule has 0 atom stereocenters. The minimum absolute atomic E-state index is 0.129. The van der Waals surface area contributed by atoms with Gasteiger partial charge in [0.15, 0.2) is 0 Å². The molecule has 8 rings (SSSR count). The van der Waals surface area contributed by atoms with Crippen molar-refractivity contribution in [1.29, 1.82) is 0 Å². The van der Waals surface area contributed by atoms with Crippen LogP contribution in [0.3, 0.4) is 0 Å². The molecule has 0 bridgehead atoms. The standard InChI is InChI=1S/C43H29NO9/c45-32-9-5-23(6-10-32)37-33-11-7-21-1-3-24(26-13-28(40(46)47)17-29(14-26)41(48)49)19-35(21)38(33)44-39-34(37)12-8-22-2-4-25(20-36(22)39)27-15-30(42(50)51)18-31(16-27)43(52)53/h1-6,9-10,13-20,45H,7-8,11-12H2,(H,46,47)(H,48,49)(H,50,51)(H,52,53). The minimum atomic E-state index is -1.24. The molecule has 0 fully saturated rings. The second kappa shape index (κ2) is 12.6. The number of aryl methyl sites for hydroxylation is 2. The zero-order chi connectivity index (χ0) is 37.1. The average molecular weight is 704 g/mol. The monoisotopic (exact) mass is 703 g/mol. The van der Waals surface area contributed by atoms with Gasteiger partial charge in [0.1, 0.15) is 5.75 Å². The molecule has 260 valence electrons. The van der Waals surface area contributed by atoms with Crippen LogP contribution in [0.1, 0.15) is 63.7 Å². The molecule has 0 spiro atoms. The van der Waals surface area contributed by atoms with E-state index < -0.39 is 23.9 Å². The third-order valence-electron chi connectivity index (χ3n) is 10.1. The predicted molar refractivity (Wildman–Crippen MR) is 196 cm³/mol. The predicted octanol–water partition coefficient (Wildman–Crippen LogP) is 8.11. The zero-order valence-electron chi connectivity index (χ0n) is 27.9. The molecule has 2 aliphatic carbocycles. The van der Waals surface area contributed by atoms with E-state index in [9.17, 15) is 44.7 Å². The highest BCUT2D eigenvalue weighted by Crippen LogP contribution is 2.47. The lowest BCUT2D eigenvalue weighted by Crippen LogP contribution is -2.15. The maximum atomic E-state index is 11.9. The van der Waals surface area contributed by atoms with Crippen LogP contribution in [0.25, 0.3) is 55.9 Å². The molecule has 0 saturated heterocycles. The second-order valence-corrected chi connectivity index (χ2v) is 13.3. The quantitative estimate of drug-likeness (QED) is 0.109.